The van der Waals surface area contributed by atoms with Crippen LogP contribution < -0.4 is 5.32 Å². The highest BCUT2D eigenvalue weighted by Gasteiger charge is 2.31. The molecule has 3 rings (SSSR count). The van der Waals surface area contributed by atoms with E-state index in [1.807, 2.05) is 29.2 Å². The van der Waals surface area contributed by atoms with Crippen LogP contribution in [0.15, 0.2) is 24.3 Å². The highest BCUT2D eigenvalue weighted by Crippen LogP contribution is 2.27. The van der Waals surface area contributed by atoms with Crippen molar-refractivity contribution < 1.29 is 9.59 Å². The second kappa shape index (κ2) is 9.40. The zero-order chi connectivity index (χ0) is 18.4. The van der Waals surface area contributed by atoms with Crippen molar-refractivity contribution in [1.82, 2.24) is 10.2 Å². The van der Waals surface area contributed by atoms with Gasteiger partial charge in [-0.15, -0.1) is 0 Å². The Labute approximate surface area is 161 Å². The number of hydrogen-bond acceptors (Lipinski definition) is 2. The molecule has 0 spiro atoms. The van der Waals surface area contributed by atoms with Crippen LogP contribution >= 0.6 is 11.6 Å². The molecule has 1 aliphatic heterocycles. The van der Waals surface area contributed by atoms with E-state index < -0.39 is 0 Å². The van der Waals surface area contributed by atoms with Crippen LogP contribution in [0.4, 0.5) is 0 Å². The molecular formula is C21H29ClN2O2. The molecule has 0 aromatic heterocycles. The molecule has 1 N–H and O–H groups in total. The Bertz CT molecular complexity index is 603. The lowest BCUT2D eigenvalue weighted by molar-refractivity contribution is -0.140. The van der Waals surface area contributed by atoms with E-state index in [1.54, 1.807) is 0 Å². The van der Waals surface area contributed by atoms with Crippen molar-refractivity contribution in [2.45, 2.75) is 51.4 Å². The van der Waals surface area contributed by atoms with Gasteiger partial charge in [0.25, 0.3) is 0 Å². The summed E-state index contributed by atoms with van der Waals surface area (Å²) in [6.45, 7) is 2.09. The first-order valence-corrected chi connectivity index (χ1v) is 10.3. The molecular weight excluding hydrogens is 348 g/mol. The van der Waals surface area contributed by atoms with E-state index in [0.717, 1.165) is 50.2 Å². The van der Waals surface area contributed by atoms with Crippen molar-refractivity contribution in [3.8, 4) is 0 Å². The van der Waals surface area contributed by atoms with Gasteiger partial charge in [-0.3, -0.25) is 9.59 Å². The normalized spacial score (nSPS) is 19.3. The quantitative estimate of drug-likeness (QED) is 0.849. The molecule has 4 nitrogen and oxygen atoms in total. The summed E-state index contributed by atoms with van der Waals surface area (Å²) in [5.74, 6) is 0.721. The monoisotopic (exact) mass is 376 g/mol. The minimum absolute atomic E-state index is 0.0376. The highest BCUT2D eigenvalue weighted by atomic mass is 35.5. The maximum atomic E-state index is 12.6. The van der Waals surface area contributed by atoms with Gasteiger partial charge in [-0.25, -0.2) is 0 Å². The summed E-state index contributed by atoms with van der Waals surface area (Å²) >= 11 is 5.88. The Hall–Kier alpha value is -1.55. The number of amides is 2. The molecule has 1 saturated heterocycles. The second-order valence-corrected chi connectivity index (χ2v) is 8.04. The summed E-state index contributed by atoms with van der Waals surface area (Å²) < 4.78 is 0. The lowest BCUT2D eigenvalue weighted by Crippen LogP contribution is -2.45. The molecule has 26 heavy (non-hydrogen) atoms. The molecule has 0 unspecified atom stereocenters. The van der Waals surface area contributed by atoms with Crippen LogP contribution in [0.25, 0.3) is 0 Å². The van der Waals surface area contributed by atoms with E-state index in [2.05, 4.69) is 5.32 Å². The Morgan fingerprint density at radius 1 is 0.962 bits per heavy atom. The number of rotatable bonds is 5. The Kier molecular flexibility index (Phi) is 6.95. The third-order valence-electron chi connectivity index (χ3n) is 5.76. The Balaban J connectivity index is 1.37. The van der Waals surface area contributed by atoms with Crippen LogP contribution in [0, 0.1) is 11.8 Å². The SMILES string of the molecule is O=C(NCCc1ccc(Cl)cc1)C1CCN(C(=O)C2CCCCC2)CC1. The van der Waals surface area contributed by atoms with E-state index in [-0.39, 0.29) is 17.7 Å². The second-order valence-electron chi connectivity index (χ2n) is 7.60. The Morgan fingerprint density at radius 2 is 1.62 bits per heavy atom. The number of piperidine rings is 1. The van der Waals surface area contributed by atoms with Crippen LogP contribution in [0.3, 0.4) is 0 Å². The van der Waals surface area contributed by atoms with Crippen molar-refractivity contribution in [2.75, 3.05) is 19.6 Å². The fourth-order valence-electron chi connectivity index (χ4n) is 4.10. The first-order valence-electron chi connectivity index (χ1n) is 9.94. The first-order chi connectivity index (χ1) is 12.6. The molecule has 2 aliphatic rings. The number of benzene rings is 1. The average Bonchev–Trinajstić information content (AvgIpc) is 2.69. The van der Waals surface area contributed by atoms with Gasteiger partial charge in [0, 0.05) is 36.5 Å². The molecule has 1 aliphatic carbocycles. The zero-order valence-corrected chi connectivity index (χ0v) is 16.1. The van der Waals surface area contributed by atoms with Crippen LogP contribution in [0.5, 0.6) is 0 Å². The van der Waals surface area contributed by atoms with Gasteiger partial charge in [0.05, 0.1) is 0 Å². The molecule has 5 heteroatoms. The minimum atomic E-state index is 0.0376. The van der Waals surface area contributed by atoms with Gasteiger partial charge in [0.2, 0.25) is 11.8 Å². The maximum absolute atomic E-state index is 12.6. The molecule has 2 fully saturated rings. The van der Waals surface area contributed by atoms with Gasteiger partial charge in [-0.2, -0.15) is 0 Å². The molecule has 1 aromatic carbocycles. The van der Waals surface area contributed by atoms with Crippen LogP contribution in [0.2, 0.25) is 5.02 Å². The lowest BCUT2D eigenvalue weighted by Gasteiger charge is -2.34. The van der Waals surface area contributed by atoms with Crippen molar-refractivity contribution in [2.24, 2.45) is 11.8 Å². The largest absolute Gasteiger partial charge is 0.356 e. The first kappa shape index (κ1) is 19.2. The third kappa shape index (κ3) is 5.23. The lowest BCUT2D eigenvalue weighted by atomic mass is 9.87. The third-order valence-corrected chi connectivity index (χ3v) is 6.01. The van der Waals surface area contributed by atoms with E-state index in [9.17, 15) is 9.59 Å². The molecule has 1 saturated carbocycles. The molecule has 1 heterocycles. The van der Waals surface area contributed by atoms with Crippen molar-refractivity contribution in [1.29, 1.82) is 0 Å². The van der Waals surface area contributed by atoms with Crippen molar-refractivity contribution in [3.63, 3.8) is 0 Å². The Morgan fingerprint density at radius 3 is 2.27 bits per heavy atom. The standard InChI is InChI=1S/C21H29ClN2O2/c22-19-8-6-16(7-9-19)10-13-23-20(25)17-11-14-24(15-12-17)21(26)18-4-2-1-3-5-18/h6-9,17-18H,1-5,10-15H2,(H,23,25). The molecule has 0 bridgehead atoms. The van der Waals surface area contributed by atoms with Gasteiger partial charge in [-0.1, -0.05) is 43.0 Å². The predicted molar refractivity (Wildman–Crippen MR) is 104 cm³/mol. The van der Waals surface area contributed by atoms with Gasteiger partial charge in [-0.05, 0) is 49.8 Å². The molecule has 142 valence electrons. The van der Waals surface area contributed by atoms with Crippen molar-refractivity contribution >= 4 is 23.4 Å². The topological polar surface area (TPSA) is 49.4 Å². The smallest absolute Gasteiger partial charge is 0.225 e. The predicted octanol–water partition coefficient (Wildman–Crippen LogP) is 3.82. The molecule has 1 aromatic rings. The van der Waals surface area contributed by atoms with Crippen LogP contribution in [-0.4, -0.2) is 36.3 Å². The summed E-state index contributed by atoms with van der Waals surface area (Å²) in [4.78, 5) is 27.0. The summed E-state index contributed by atoms with van der Waals surface area (Å²) in [5.41, 5.74) is 1.17. The van der Waals surface area contributed by atoms with Gasteiger partial charge < -0.3 is 10.2 Å². The van der Waals surface area contributed by atoms with E-state index >= 15 is 0 Å². The molecule has 2 amide bonds. The maximum Gasteiger partial charge on any atom is 0.225 e. The minimum Gasteiger partial charge on any atom is -0.356 e. The van der Waals surface area contributed by atoms with E-state index in [4.69, 9.17) is 11.6 Å². The van der Waals surface area contributed by atoms with Crippen molar-refractivity contribution in [3.05, 3.63) is 34.9 Å². The number of carbonyl (C=O) groups excluding carboxylic acids is 2. The number of nitrogens with zero attached hydrogens (tertiary/aromatic N) is 1. The fraction of sp³-hybridized carbons (Fsp3) is 0.619. The highest BCUT2D eigenvalue weighted by molar-refractivity contribution is 6.30. The number of likely N-dealkylation sites (tertiary alicyclic amines) is 1. The van der Waals surface area contributed by atoms with Gasteiger partial charge in [0.1, 0.15) is 0 Å². The number of halogens is 1. The summed E-state index contributed by atoms with van der Waals surface area (Å²) in [6, 6.07) is 7.73. The average molecular weight is 377 g/mol. The van der Waals surface area contributed by atoms with E-state index in [1.165, 1.54) is 24.8 Å². The molecule has 0 radical (unpaired) electrons. The number of carbonyl (C=O) groups is 2. The zero-order valence-electron chi connectivity index (χ0n) is 15.4. The summed E-state index contributed by atoms with van der Waals surface area (Å²) in [6.07, 6.45) is 8.10. The molecule has 0 atom stereocenters. The fourth-order valence-corrected chi connectivity index (χ4v) is 4.22. The van der Waals surface area contributed by atoms with Crippen LogP contribution in [0.1, 0.15) is 50.5 Å². The summed E-state index contributed by atoms with van der Waals surface area (Å²) in [5, 5.41) is 3.78. The van der Waals surface area contributed by atoms with Gasteiger partial charge >= 0.3 is 0 Å². The van der Waals surface area contributed by atoms with Crippen LogP contribution in [-0.2, 0) is 16.0 Å². The summed E-state index contributed by atoms with van der Waals surface area (Å²) in [7, 11) is 0. The van der Waals surface area contributed by atoms with Gasteiger partial charge in [0.15, 0.2) is 0 Å². The number of nitrogens with one attached hydrogen (secondary N) is 1. The number of hydrogen-bond donors (Lipinski definition) is 1. The van der Waals surface area contributed by atoms with E-state index in [0.29, 0.717) is 12.5 Å².